The second-order valence-electron chi connectivity index (χ2n) is 5.96. The summed E-state index contributed by atoms with van der Waals surface area (Å²) in [6.07, 6.45) is 0.0513. The fraction of sp³-hybridized carbons (Fsp3) is 0.533. The molecule has 1 fully saturated rings. The van der Waals surface area contributed by atoms with Gasteiger partial charge < -0.3 is 15.7 Å². The van der Waals surface area contributed by atoms with Gasteiger partial charge in [-0.15, -0.1) is 0 Å². The van der Waals surface area contributed by atoms with Crippen molar-refractivity contribution >= 4 is 17.5 Å². The first-order chi connectivity index (χ1) is 9.38. The second-order valence-corrected chi connectivity index (χ2v) is 6.40. The van der Waals surface area contributed by atoms with Gasteiger partial charge in [0.2, 0.25) is 5.91 Å². The van der Waals surface area contributed by atoms with Gasteiger partial charge in [0.05, 0.1) is 12.1 Å². The summed E-state index contributed by atoms with van der Waals surface area (Å²) >= 11 is 6.01. The van der Waals surface area contributed by atoms with Gasteiger partial charge in [0.1, 0.15) is 0 Å². The number of aliphatic hydroxyl groups excluding tert-OH is 1. The Bertz CT molecular complexity index is 491. The molecule has 1 aliphatic rings. The first-order valence-corrected chi connectivity index (χ1v) is 7.21. The summed E-state index contributed by atoms with van der Waals surface area (Å²) in [6.45, 7) is 5.14. The molecule has 0 saturated carbocycles. The van der Waals surface area contributed by atoms with Crippen LogP contribution in [0.5, 0.6) is 0 Å². The maximum absolute atomic E-state index is 12.0. The van der Waals surface area contributed by atoms with E-state index in [9.17, 15) is 9.90 Å². The molecule has 2 atom stereocenters. The van der Waals surface area contributed by atoms with Gasteiger partial charge in [-0.3, -0.25) is 4.79 Å². The van der Waals surface area contributed by atoms with E-state index in [1.807, 2.05) is 24.3 Å². The summed E-state index contributed by atoms with van der Waals surface area (Å²) < 4.78 is 0. The van der Waals surface area contributed by atoms with Gasteiger partial charge in [0.25, 0.3) is 0 Å². The molecule has 1 aromatic rings. The average molecular weight is 297 g/mol. The van der Waals surface area contributed by atoms with Crippen molar-refractivity contribution in [1.29, 1.82) is 0 Å². The van der Waals surface area contributed by atoms with Crippen molar-refractivity contribution in [2.75, 3.05) is 13.1 Å². The molecule has 0 bridgehead atoms. The number of hydrogen-bond donors (Lipinski definition) is 3. The second kappa shape index (κ2) is 6.12. The lowest BCUT2D eigenvalue weighted by Gasteiger charge is -2.26. The van der Waals surface area contributed by atoms with Crippen molar-refractivity contribution < 1.29 is 9.90 Å². The maximum Gasteiger partial charge on any atom is 0.237 e. The number of amides is 1. The summed E-state index contributed by atoms with van der Waals surface area (Å²) in [4.78, 5) is 12.0. The number of rotatable bonds is 4. The zero-order valence-electron chi connectivity index (χ0n) is 11.8. The van der Waals surface area contributed by atoms with Crippen LogP contribution in [0.2, 0.25) is 5.02 Å². The molecule has 1 aromatic carbocycles. The van der Waals surface area contributed by atoms with Gasteiger partial charge in [-0.2, -0.15) is 0 Å². The van der Waals surface area contributed by atoms with Crippen molar-refractivity contribution in [3.8, 4) is 0 Å². The molecular formula is C15H21ClN2O2. The highest BCUT2D eigenvalue weighted by Crippen LogP contribution is 2.24. The molecule has 2 unspecified atom stereocenters. The lowest BCUT2D eigenvalue weighted by atomic mass is 9.84. The summed E-state index contributed by atoms with van der Waals surface area (Å²) in [7, 11) is 0. The Morgan fingerprint density at radius 3 is 2.90 bits per heavy atom. The van der Waals surface area contributed by atoms with Crippen molar-refractivity contribution in [2.24, 2.45) is 0 Å². The lowest BCUT2D eigenvalue weighted by Crippen LogP contribution is -2.45. The van der Waals surface area contributed by atoms with Gasteiger partial charge in [-0.1, -0.05) is 37.6 Å². The van der Waals surface area contributed by atoms with Crippen LogP contribution in [0, 0.1) is 0 Å². The number of aliphatic hydroxyl groups is 1. The van der Waals surface area contributed by atoms with Gasteiger partial charge in [-0.25, -0.2) is 0 Å². The van der Waals surface area contributed by atoms with E-state index in [0.717, 1.165) is 5.56 Å². The molecule has 0 radical (unpaired) electrons. The third-order valence-corrected chi connectivity index (χ3v) is 3.97. The third-order valence-electron chi connectivity index (χ3n) is 3.73. The van der Waals surface area contributed by atoms with Crippen molar-refractivity contribution in [3.05, 3.63) is 34.9 Å². The molecular weight excluding hydrogens is 276 g/mol. The van der Waals surface area contributed by atoms with Gasteiger partial charge in [0.15, 0.2) is 0 Å². The maximum atomic E-state index is 12.0. The molecule has 0 aromatic heterocycles. The van der Waals surface area contributed by atoms with E-state index in [1.54, 1.807) is 0 Å². The molecule has 1 aliphatic heterocycles. The lowest BCUT2D eigenvalue weighted by molar-refractivity contribution is -0.123. The minimum absolute atomic E-state index is 0.0587. The van der Waals surface area contributed by atoms with Crippen LogP contribution in [0.1, 0.15) is 25.8 Å². The Morgan fingerprint density at radius 2 is 2.30 bits per heavy atom. The Morgan fingerprint density at radius 1 is 1.55 bits per heavy atom. The molecule has 110 valence electrons. The van der Waals surface area contributed by atoms with Crippen LogP contribution >= 0.6 is 11.6 Å². The summed E-state index contributed by atoms with van der Waals surface area (Å²) in [5, 5.41) is 16.1. The van der Waals surface area contributed by atoms with Gasteiger partial charge in [0, 0.05) is 23.5 Å². The first-order valence-electron chi connectivity index (χ1n) is 6.84. The zero-order valence-corrected chi connectivity index (χ0v) is 12.6. The van der Waals surface area contributed by atoms with Crippen molar-refractivity contribution in [3.63, 3.8) is 0 Å². The summed E-state index contributed by atoms with van der Waals surface area (Å²) in [5.41, 5.74) is 0.891. The first kappa shape index (κ1) is 15.3. The quantitative estimate of drug-likeness (QED) is 0.788. The smallest absolute Gasteiger partial charge is 0.237 e. The number of halogens is 1. The Labute approximate surface area is 124 Å². The fourth-order valence-corrected chi connectivity index (χ4v) is 2.55. The number of carbonyl (C=O) groups is 1. The minimum atomic E-state index is -0.424. The van der Waals surface area contributed by atoms with Gasteiger partial charge in [-0.05, 0) is 24.1 Å². The van der Waals surface area contributed by atoms with Crippen LogP contribution in [0.25, 0.3) is 0 Å². The monoisotopic (exact) mass is 296 g/mol. The van der Waals surface area contributed by atoms with E-state index in [-0.39, 0.29) is 17.4 Å². The van der Waals surface area contributed by atoms with Crippen molar-refractivity contribution in [2.45, 2.75) is 37.8 Å². The fourth-order valence-electron chi connectivity index (χ4n) is 2.36. The van der Waals surface area contributed by atoms with E-state index < -0.39 is 6.10 Å². The summed E-state index contributed by atoms with van der Waals surface area (Å²) in [6, 6.07) is 7.39. The third kappa shape index (κ3) is 3.72. The Kier molecular flexibility index (Phi) is 4.68. The number of nitrogens with one attached hydrogen (secondary N) is 2. The highest BCUT2D eigenvalue weighted by atomic mass is 35.5. The van der Waals surface area contributed by atoms with E-state index >= 15 is 0 Å². The topological polar surface area (TPSA) is 61.4 Å². The predicted octanol–water partition coefficient (Wildman–Crippen LogP) is 1.46. The molecule has 5 heteroatoms. The van der Waals surface area contributed by atoms with Gasteiger partial charge >= 0.3 is 0 Å². The predicted molar refractivity (Wildman–Crippen MR) is 79.9 cm³/mol. The highest BCUT2D eigenvalue weighted by Gasteiger charge is 2.29. The van der Waals surface area contributed by atoms with E-state index in [0.29, 0.717) is 24.5 Å². The average Bonchev–Trinajstić information content (AvgIpc) is 2.83. The molecule has 2 rings (SSSR count). The standard InChI is InChI=1S/C15H21ClN2O2/c1-15(2,10-4-3-5-11(16)6-10)9-18-14(20)13-7-12(19)8-17-13/h3-6,12-13,17,19H,7-9H2,1-2H3,(H,18,20). The van der Waals surface area contributed by atoms with E-state index in [4.69, 9.17) is 11.6 Å². The van der Waals surface area contributed by atoms with Crippen LogP contribution < -0.4 is 10.6 Å². The molecule has 1 amide bonds. The van der Waals surface area contributed by atoms with E-state index in [1.165, 1.54) is 0 Å². The molecule has 0 aliphatic carbocycles. The van der Waals surface area contributed by atoms with Crippen LogP contribution in [-0.2, 0) is 10.2 Å². The number of hydrogen-bond acceptors (Lipinski definition) is 3. The zero-order chi connectivity index (χ0) is 14.8. The molecule has 0 spiro atoms. The molecule has 20 heavy (non-hydrogen) atoms. The van der Waals surface area contributed by atoms with Crippen LogP contribution in [0.15, 0.2) is 24.3 Å². The largest absolute Gasteiger partial charge is 0.392 e. The Balaban J connectivity index is 1.93. The van der Waals surface area contributed by atoms with Crippen LogP contribution in [0.3, 0.4) is 0 Å². The summed E-state index contributed by atoms with van der Waals surface area (Å²) in [5.74, 6) is -0.0587. The van der Waals surface area contributed by atoms with E-state index in [2.05, 4.69) is 24.5 Å². The number of carbonyl (C=O) groups excluding carboxylic acids is 1. The number of β-amino-alcohol motifs (C(OH)–C–C–N with tert-alkyl or cyclic N) is 1. The SMILES string of the molecule is CC(C)(CNC(=O)C1CC(O)CN1)c1cccc(Cl)c1. The molecule has 3 N–H and O–H groups in total. The van der Waals surface area contributed by atoms with Crippen LogP contribution in [-0.4, -0.2) is 36.2 Å². The Hall–Kier alpha value is -1.10. The van der Waals surface area contributed by atoms with Crippen molar-refractivity contribution in [1.82, 2.24) is 10.6 Å². The normalized spacial score (nSPS) is 22.8. The highest BCUT2D eigenvalue weighted by molar-refractivity contribution is 6.30. The minimum Gasteiger partial charge on any atom is -0.392 e. The number of benzene rings is 1. The molecule has 1 saturated heterocycles. The molecule has 1 heterocycles. The van der Waals surface area contributed by atoms with Crippen LogP contribution in [0.4, 0.5) is 0 Å². The molecule has 4 nitrogen and oxygen atoms in total.